The molecule has 0 bridgehead atoms. The SMILES string of the molecule is CCN(CC)c1ccc(NC(=O)C2CNCCO2)cn1.Cl.Cl. The number of amides is 1. The van der Waals surface area contributed by atoms with Crippen LogP contribution in [0.25, 0.3) is 0 Å². The fourth-order valence-corrected chi connectivity index (χ4v) is 2.15. The van der Waals surface area contributed by atoms with Gasteiger partial charge in [-0.1, -0.05) is 0 Å². The predicted octanol–water partition coefficient (Wildman–Crippen LogP) is 1.70. The van der Waals surface area contributed by atoms with Gasteiger partial charge in [-0.25, -0.2) is 4.98 Å². The summed E-state index contributed by atoms with van der Waals surface area (Å²) in [7, 11) is 0. The molecule has 1 amide bonds. The van der Waals surface area contributed by atoms with Crippen molar-refractivity contribution >= 4 is 42.2 Å². The zero-order valence-electron chi connectivity index (χ0n) is 12.9. The zero-order chi connectivity index (χ0) is 14.4. The van der Waals surface area contributed by atoms with Gasteiger partial charge in [-0.05, 0) is 26.0 Å². The van der Waals surface area contributed by atoms with Crippen LogP contribution < -0.4 is 15.5 Å². The van der Waals surface area contributed by atoms with Crippen LogP contribution in [0.5, 0.6) is 0 Å². The molecule has 1 aromatic rings. The Balaban J connectivity index is 0.00000220. The molecule has 1 saturated heterocycles. The molecule has 126 valence electrons. The Hall–Kier alpha value is -1.08. The van der Waals surface area contributed by atoms with Crippen molar-refractivity contribution in [2.45, 2.75) is 20.0 Å². The number of rotatable bonds is 5. The Labute approximate surface area is 143 Å². The van der Waals surface area contributed by atoms with Gasteiger partial charge >= 0.3 is 0 Å². The second-order valence-electron chi connectivity index (χ2n) is 4.63. The van der Waals surface area contributed by atoms with Gasteiger partial charge in [0.25, 0.3) is 5.91 Å². The molecule has 22 heavy (non-hydrogen) atoms. The molecule has 0 radical (unpaired) electrons. The number of carbonyl (C=O) groups is 1. The highest BCUT2D eigenvalue weighted by atomic mass is 35.5. The summed E-state index contributed by atoms with van der Waals surface area (Å²) in [5.74, 6) is 0.790. The molecule has 1 aliphatic heterocycles. The fraction of sp³-hybridized carbons (Fsp3) is 0.571. The number of nitrogens with zero attached hydrogens (tertiary/aromatic N) is 2. The van der Waals surface area contributed by atoms with Gasteiger partial charge in [-0.2, -0.15) is 0 Å². The van der Waals surface area contributed by atoms with Gasteiger partial charge in [-0.3, -0.25) is 4.79 Å². The van der Waals surface area contributed by atoms with Crippen molar-refractivity contribution in [1.82, 2.24) is 10.3 Å². The van der Waals surface area contributed by atoms with Gasteiger partial charge < -0.3 is 20.3 Å². The van der Waals surface area contributed by atoms with Gasteiger partial charge in [0.2, 0.25) is 0 Å². The average molecular weight is 351 g/mol. The van der Waals surface area contributed by atoms with Gasteiger partial charge in [0.15, 0.2) is 0 Å². The summed E-state index contributed by atoms with van der Waals surface area (Å²) < 4.78 is 5.41. The van der Waals surface area contributed by atoms with Crippen LogP contribution in [-0.2, 0) is 9.53 Å². The second kappa shape index (κ2) is 10.6. The number of hydrogen-bond acceptors (Lipinski definition) is 5. The quantitative estimate of drug-likeness (QED) is 0.845. The Morgan fingerprint density at radius 2 is 2.14 bits per heavy atom. The summed E-state index contributed by atoms with van der Waals surface area (Å²) in [5, 5.41) is 5.96. The van der Waals surface area contributed by atoms with E-state index < -0.39 is 6.10 Å². The lowest BCUT2D eigenvalue weighted by molar-refractivity contribution is -0.128. The fourth-order valence-electron chi connectivity index (χ4n) is 2.15. The number of aromatic nitrogens is 1. The average Bonchev–Trinajstić information content (AvgIpc) is 2.51. The summed E-state index contributed by atoms with van der Waals surface area (Å²) in [5.41, 5.74) is 0.695. The van der Waals surface area contributed by atoms with Gasteiger partial charge in [0.1, 0.15) is 11.9 Å². The number of carbonyl (C=O) groups excluding carboxylic acids is 1. The molecule has 1 aromatic heterocycles. The Kier molecular flexibility index (Phi) is 10.1. The lowest BCUT2D eigenvalue weighted by Crippen LogP contribution is -2.45. The monoisotopic (exact) mass is 350 g/mol. The Morgan fingerprint density at radius 1 is 1.41 bits per heavy atom. The van der Waals surface area contributed by atoms with Crippen molar-refractivity contribution in [2.75, 3.05) is 43.0 Å². The van der Waals surface area contributed by atoms with E-state index in [1.807, 2.05) is 12.1 Å². The molecule has 1 aliphatic rings. The number of hydrogen-bond donors (Lipinski definition) is 2. The standard InChI is InChI=1S/C14H22N4O2.2ClH/c1-3-18(4-2)13-6-5-11(9-16-13)17-14(19)12-10-15-7-8-20-12;;/h5-6,9,12,15H,3-4,7-8,10H2,1-2H3,(H,17,19);2*1H. The van der Waals surface area contributed by atoms with Crippen molar-refractivity contribution in [3.05, 3.63) is 18.3 Å². The second-order valence-corrected chi connectivity index (χ2v) is 4.63. The van der Waals surface area contributed by atoms with Crippen LogP contribution in [0.4, 0.5) is 11.5 Å². The molecule has 8 heteroatoms. The Bertz CT molecular complexity index is 435. The maximum Gasteiger partial charge on any atom is 0.254 e. The summed E-state index contributed by atoms with van der Waals surface area (Å²) in [4.78, 5) is 18.5. The van der Waals surface area contributed by atoms with Gasteiger partial charge in [-0.15, -0.1) is 24.8 Å². The molecule has 2 heterocycles. The van der Waals surface area contributed by atoms with E-state index in [1.165, 1.54) is 0 Å². The maximum absolute atomic E-state index is 12.0. The molecule has 0 spiro atoms. The Morgan fingerprint density at radius 3 is 2.64 bits per heavy atom. The molecular weight excluding hydrogens is 327 g/mol. The minimum absolute atomic E-state index is 0. The molecular formula is C14H24Cl2N4O2. The minimum Gasteiger partial charge on any atom is -0.366 e. The van der Waals surface area contributed by atoms with Crippen LogP contribution in [0.2, 0.25) is 0 Å². The topological polar surface area (TPSA) is 66.5 Å². The summed E-state index contributed by atoms with van der Waals surface area (Å²) >= 11 is 0. The van der Waals surface area contributed by atoms with Gasteiger partial charge in [0.05, 0.1) is 18.5 Å². The van der Waals surface area contributed by atoms with Crippen LogP contribution >= 0.6 is 24.8 Å². The number of ether oxygens (including phenoxy) is 1. The van der Waals surface area contributed by atoms with E-state index in [0.29, 0.717) is 18.8 Å². The number of anilines is 2. The largest absolute Gasteiger partial charge is 0.366 e. The van der Waals surface area contributed by atoms with Crippen LogP contribution in [0.1, 0.15) is 13.8 Å². The van der Waals surface area contributed by atoms with E-state index in [4.69, 9.17) is 4.74 Å². The molecule has 6 nitrogen and oxygen atoms in total. The van der Waals surface area contributed by atoms with Crippen molar-refractivity contribution in [3.63, 3.8) is 0 Å². The third-order valence-corrected chi connectivity index (χ3v) is 3.32. The van der Waals surface area contributed by atoms with E-state index in [2.05, 4.69) is 34.4 Å². The molecule has 0 saturated carbocycles. The first kappa shape index (κ1) is 20.9. The van der Waals surface area contributed by atoms with Crippen molar-refractivity contribution in [3.8, 4) is 0 Å². The normalized spacial score (nSPS) is 16.9. The van der Waals surface area contributed by atoms with E-state index in [0.717, 1.165) is 25.5 Å². The molecule has 0 aromatic carbocycles. The van der Waals surface area contributed by atoms with Crippen LogP contribution in [0.3, 0.4) is 0 Å². The highest BCUT2D eigenvalue weighted by molar-refractivity contribution is 5.94. The first-order valence-corrected chi connectivity index (χ1v) is 7.08. The summed E-state index contributed by atoms with van der Waals surface area (Å²) in [6, 6.07) is 3.79. The minimum atomic E-state index is -0.425. The predicted molar refractivity (Wildman–Crippen MR) is 93.5 cm³/mol. The highest BCUT2D eigenvalue weighted by Gasteiger charge is 2.21. The van der Waals surface area contributed by atoms with Gasteiger partial charge in [0, 0.05) is 26.2 Å². The number of nitrogens with one attached hydrogen (secondary N) is 2. The summed E-state index contributed by atoms with van der Waals surface area (Å²) in [6.07, 6.45) is 1.26. The van der Waals surface area contributed by atoms with E-state index >= 15 is 0 Å². The third kappa shape index (κ3) is 5.61. The van der Waals surface area contributed by atoms with E-state index in [1.54, 1.807) is 6.20 Å². The molecule has 0 aliphatic carbocycles. The summed E-state index contributed by atoms with van der Waals surface area (Å²) in [6.45, 7) is 7.92. The van der Waals surface area contributed by atoms with Crippen molar-refractivity contribution in [2.24, 2.45) is 0 Å². The van der Waals surface area contributed by atoms with Crippen LogP contribution in [0, 0.1) is 0 Å². The molecule has 1 fully saturated rings. The molecule has 2 N–H and O–H groups in total. The molecule has 1 atom stereocenters. The lowest BCUT2D eigenvalue weighted by atomic mass is 10.2. The highest BCUT2D eigenvalue weighted by Crippen LogP contribution is 2.14. The first-order chi connectivity index (χ1) is 9.74. The van der Waals surface area contributed by atoms with E-state index in [-0.39, 0.29) is 30.7 Å². The smallest absolute Gasteiger partial charge is 0.254 e. The third-order valence-electron chi connectivity index (χ3n) is 3.32. The molecule has 2 rings (SSSR count). The zero-order valence-corrected chi connectivity index (χ0v) is 14.5. The number of pyridine rings is 1. The maximum atomic E-state index is 12.0. The van der Waals surface area contributed by atoms with Crippen LogP contribution in [0.15, 0.2) is 18.3 Å². The lowest BCUT2D eigenvalue weighted by Gasteiger charge is -2.23. The first-order valence-electron chi connectivity index (χ1n) is 7.08. The van der Waals surface area contributed by atoms with Crippen molar-refractivity contribution < 1.29 is 9.53 Å². The molecule has 1 unspecified atom stereocenters. The number of morpholine rings is 1. The van der Waals surface area contributed by atoms with E-state index in [9.17, 15) is 4.79 Å². The van der Waals surface area contributed by atoms with Crippen molar-refractivity contribution in [1.29, 1.82) is 0 Å². The van der Waals surface area contributed by atoms with Crippen LogP contribution in [-0.4, -0.2) is 49.8 Å². The number of halogens is 2.